The summed E-state index contributed by atoms with van der Waals surface area (Å²) in [5, 5.41) is 12.8. The Morgan fingerprint density at radius 1 is 0.842 bits per heavy atom. The molecule has 1 fully saturated rings. The van der Waals surface area contributed by atoms with Crippen LogP contribution in [0, 0.1) is 16.0 Å². The molecule has 0 aliphatic carbocycles. The van der Waals surface area contributed by atoms with E-state index in [4.69, 9.17) is 0 Å². The highest BCUT2D eigenvalue weighted by Crippen LogP contribution is 2.39. The maximum absolute atomic E-state index is 13.5. The predicted molar refractivity (Wildman–Crippen MR) is 139 cm³/mol. The van der Waals surface area contributed by atoms with E-state index in [1.165, 1.54) is 26.2 Å². The first-order valence-electron chi connectivity index (χ1n) is 12.1. The molecule has 0 spiro atoms. The first-order valence-corrected chi connectivity index (χ1v) is 12.1. The quantitative estimate of drug-likeness (QED) is 0.170. The first kappa shape index (κ1) is 24.8. The van der Waals surface area contributed by atoms with Crippen molar-refractivity contribution in [2.24, 2.45) is 5.92 Å². The van der Waals surface area contributed by atoms with Gasteiger partial charge in [0, 0.05) is 48.7 Å². The molecule has 1 aliphatic rings. The number of nitro groups is 1. The Hall–Kier alpha value is -4.92. The Morgan fingerprint density at radius 3 is 2.08 bits per heavy atom. The molecule has 5 rings (SSSR count). The zero-order valence-electron chi connectivity index (χ0n) is 20.9. The van der Waals surface area contributed by atoms with Crippen LogP contribution in [0.2, 0.25) is 0 Å². The number of nitrogens with zero attached hydrogens (tertiary/aromatic N) is 4. The second-order valence-electron chi connectivity index (χ2n) is 9.34. The molecule has 1 saturated heterocycles. The summed E-state index contributed by atoms with van der Waals surface area (Å²) < 4.78 is 1.95. The first-order chi connectivity index (χ1) is 18.3. The summed E-state index contributed by atoms with van der Waals surface area (Å²) >= 11 is 0. The van der Waals surface area contributed by atoms with Gasteiger partial charge in [-0.1, -0.05) is 48.5 Å². The van der Waals surface area contributed by atoms with Crippen LogP contribution in [0.5, 0.6) is 0 Å². The van der Waals surface area contributed by atoms with Crippen molar-refractivity contribution in [2.75, 3.05) is 14.1 Å². The van der Waals surface area contributed by atoms with Gasteiger partial charge in [-0.15, -0.1) is 0 Å². The Morgan fingerprint density at radius 2 is 1.45 bits per heavy atom. The van der Waals surface area contributed by atoms with Crippen molar-refractivity contribution in [3.8, 4) is 0 Å². The van der Waals surface area contributed by atoms with E-state index in [0.29, 0.717) is 6.54 Å². The lowest BCUT2D eigenvalue weighted by atomic mass is 9.77. The summed E-state index contributed by atoms with van der Waals surface area (Å²) in [6, 6.07) is 22.7. The smallest absolute Gasteiger partial charge is 0.273 e. The molecule has 0 radical (unpaired) electrons. The fourth-order valence-corrected chi connectivity index (χ4v) is 5.04. The molecule has 4 aromatic rings. The molecule has 1 unspecified atom stereocenters. The normalized spacial score (nSPS) is 15.3. The number of aromatic nitrogens is 1. The van der Waals surface area contributed by atoms with Crippen LogP contribution in [-0.2, 0) is 16.1 Å². The Balaban J connectivity index is 1.68. The van der Waals surface area contributed by atoms with Gasteiger partial charge in [0.2, 0.25) is 11.8 Å². The van der Waals surface area contributed by atoms with Gasteiger partial charge in [0.1, 0.15) is 5.92 Å². The Labute approximate surface area is 218 Å². The minimum atomic E-state index is -1.14. The number of hydrogen-bond donors (Lipinski definition) is 0. The van der Waals surface area contributed by atoms with Crippen molar-refractivity contribution < 1.29 is 23.9 Å². The minimum absolute atomic E-state index is 0.0132. The van der Waals surface area contributed by atoms with E-state index in [-0.39, 0.29) is 5.69 Å². The van der Waals surface area contributed by atoms with E-state index in [0.717, 1.165) is 37.3 Å². The number of amides is 4. The van der Waals surface area contributed by atoms with Crippen LogP contribution in [0.4, 0.5) is 10.5 Å². The standard InChI is InChI=1S/C29H25N4O5/c1-30-27(34)26(28(35)31(2)29(30)36)25(20-8-4-3-5-9-20)24-18-32(17-21-10-6-7-11-23(21)24)16-19-12-14-22(15-13-19)33(37)38/h3-15,17-18,25-26H,16H2,1-2H3/q+1. The monoisotopic (exact) mass is 509 g/mol. The molecule has 9 heteroatoms. The van der Waals surface area contributed by atoms with Crippen LogP contribution in [0.15, 0.2) is 91.3 Å². The Bertz CT molecular complexity index is 1550. The summed E-state index contributed by atoms with van der Waals surface area (Å²) in [6.45, 7) is 0.419. The molecule has 4 amide bonds. The molecule has 1 aromatic heterocycles. The number of fused-ring (bicyclic) bond motifs is 1. The molecule has 38 heavy (non-hydrogen) atoms. The second-order valence-corrected chi connectivity index (χ2v) is 9.34. The van der Waals surface area contributed by atoms with Crippen LogP contribution >= 0.6 is 0 Å². The van der Waals surface area contributed by atoms with Crippen LogP contribution < -0.4 is 4.57 Å². The van der Waals surface area contributed by atoms with Gasteiger partial charge < -0.3 is 0 Å². The van der Waals surface area contributed by atoms with Crippen LogP contribution in [-0.4, -0.2) is 46.7 Å². The van der Waals surface area contributed by atoms with Crippen molar-refractivity contribution in [1.29, 1.82) is 0 Å². The predicted octanol–water partition coefficient (Wildman–Crippen LogP) is 3.88. The lowest BCUT2D eigenvalue weighted by molar-refractivity contribution is -0.687. The molecule has 190 valence electrons. The highest BCUT2D eigenvalue weighted by Gasteiger charge is 2.48. The van der Waals surface area contributed by atoms with Crippen molar-refractivity contribution in [1.82, 2.24) is 9.80 Å². The Kier molecular flexibility index (Phi) is 6.42. The molecular weight excluding hydrogens is 484 g/mol. The fourth-order valence-electron chi connectivity index (χ4n) is 5.04. The number of rotatable bonds is 6. The van der Waals surface area contributed by atoms with Gasteiger partial charge in [-0.2, -0.15) is 4.57 Å². The van der Waals surface area contributed by atoms with Gasteiger partial charge in [-0.05, 0) is 29.1 Å². The summed E-state index contributed by atoms with van der Waals surface area (Å²) in [4.78, 5) is 52.1. The van der Waals surface area contributed by atoms with Crippen molar-refractivity contribution >= 4 is 34.3 Å². The number of carbonyl (C=O) groups excluding carboxylic acids is 3. The van der Waals surface area contributed by atoms with E-state index in [2.05, 4.69) is 0 Å². The number of non-ortho nitro benzene ring substituents is 1. The van der Waals surface area contributed by atoms with Crippen LogP contribution in [0.1, 0.15) is 22.6 Å². The van der Waals surface area contributed by atoms with Gasteiger partial charge >= 0.3 is 6.03 Å². The molecule has 0 saturated carbocycles. The topological polar surface area (TPSA) is 105 Å². The zero-order chi connectivity index (χ0) is 27.0. The number of hydrogen-bond acceptors (Lipinski definition) is 5. The molecule has 2 heterocycles. The van der Waals surface area contributed by atoms with Crippen molar-refractivity contribution in [3.05, 3.63) is 118 Å². The van der Waals surface area contributed by atoms with E-state index in [1.54, 1.807) is 12.1 Å². The number of carbonyl (C=O) groups is 3. The maximum Gasteiger partial charge on any atom is 0.332 e. The molecule has 3 aromatic carbocycles. The summed E-state index contributed by atoms with van der Waals surface area (Å²) in [5.74, 6) is -2.91. The largest absolute Gasteiger partial charge is 0.332 e. The third kappa shape index (κ3) is 4.39. The maximum atomic E-state index is 13.5. The molecule has 9 nitrogen and oxygen atoms in total. The van der Waals surface area contributed by atoms with E-state index >= 15 is 0 Å². The van der Waals surface area contributed by atoms with Gasteiger partial charge in [0.15, 0.2) is 18.9 Å². The highest BCUT2D eigenvalue weighted by atomic mass is 16.6. The SMILES string of the molecule is CN1C(=O)C(C(c2ccccc2)c2c[n+](Cc3ccc([N+](=O)[O-])cc3)cc3ccccc23)C(=O)N(C)C1=O. The number of nitro benzene ring substituents is 1. The third-order valence-corrected chi connectivity index (χ3v) is 6.99. The molecular formula is C29H25N4O5+. The zero-order valence-corrected chi connectivity index (χ0v) is 20.9. The molecule has 0 N–H and O–H groups in total. The second kappa shape index (κ2) is 9.85. The van der Waals surface area contributed by atoms with Crippen molar-refractivity contribution in [2.45, 2.75) is 12.5 Å². The average molecular weight is 510 g/mol. The van der Waals surface area contributed by atoms with Gasteiger partial charge in [0.05, 0.1) is 4.92 Å². The van der Waals surface area contributed by atoms with E-state index < -0.39 is 34.6 Å². The molecule has 1 aliphatic heterocycles. The van der Waals surface area contributed by atoms with Crippen LogP contribution in [0.25, 0.3) is 10.8 Å². The summed E-state index contributed by atoms with van der Waals surface area (Å²) in [6.07, 6.45) is 3.88. The minimum Gasteiger partial charge on any atom is -0.273 e. The lowest BCUT2D eigenvalue weighted by Crippen LogP contribution is -2.58. The molecule has 1 atom stereocenters. The number of benzene rings is 3. The van der Waals surface area contributed by atoms with Gasteiger partial charge in [-0.3, -0.25) is 29.5 Å². The summed E-state index contributed by atoms with van der Waals surface area (Å²) in [5.41, 5.74) is 2.40. The average Bonchev–Trinajstić information content (AvgIpc) is 2.93. The van der Waals surface area contributed by atoms with E-state index in [1.807, 2.05) is 71.6 Å². The fraction of sp³-hybridized carbons (Fsp3) is 0.172. The number of pyridine rings is 1. The van der Waals surface area contributed by atoms with E-state index in [9.17, 15) is 24.5 Å². The molecule has 0 bridgehead atoms. The number of imide groups is 2. The number of barbiturate groups is 1. The van der Waals surface area contributed by atoms with Gasteiger partial charge in [-0.25, -0.2) is 4.79 Å². The lowest BCUT2D eigenvalue weighted by Gasteiger charge is -2.36. The highest BCUT2D eigenvalue weighted by molar-refractivity contribution is 6.16. The van der Waals surface area contributed by atoms with Crippen molar-refractivity contribution in [3.63, 3.8) is 0 Å². The van der Waals surface area contributed by atoms with Gasteiger partial charge in [0.25, 0.3) is 5.69 Å². The van der Waals surface area contributed by atoms with Crippen LogP contribution in [0.3, 0.4) is 0 Å². The third-order valence-electron chi connectivity index (χ3n) is 6.99. The number of urea groups is 1. The summed E-state index contributed by atoms with van der Waals surface area (Å²) in [7, 11) is 2.78.